The van der Waals surface area contributed by atoms with Crippen LogP contribution >= 0.6 is 0 Å². The van der Waals surface area contributed by atoms with Crippen LogP contribution < -0.4 is 5.63 Å². The third kappa shape index (κ3) is 3.37. The molecular formula is C21H17N3O3. The molecule has 2 aromatic heterocycles. The molecule has 0 aliphatic rings. The van der Waals surface area contributed by atoms with E-state index < -0.39 is 5.63 Å². The highest BCUT2D eigenvalue weighted by Gasteiger charge is 2.16. The summed E-state index contributed by atoms with van der Waals surface area (Å²) in [6.07, 6.45) is 3.36. The number of benzene rings is 2. The van der Waals surface area contributed by atoms with Gasteiger partial charge in [0.1, 0.15) is 17.9 Å². The maximum absolute atomic E-state index is 12.6. The van der Waals surface area contributed by atoms with Crippen LogP contribution in [0.3, 0.4) is 0 Å². The summed E-state index contributed by atoms with van der Waals surface area (Å²) in [6, 6.07) is 18.8. The zero-order valence-electron chi connectivity index (χ0n) is 14.7. The van der Waals surface area contributed by atoms with Crippen molar-refractivity contribution in [1.29, 1.82) is 0 Å². The number of nitrogens with zero attached hydrogens (tertiary/aromatic N) is 3. The van der Waals surface area contributed by atoms with Crippen molar-refractivity contribution < 1.29 is 9.25 Å². The molecule has 0 unspecified atom stereocenters. The zero-order valence-corrected chi connectivity index (χ0v) is 14.7. The minimum absolute atomic E-state index is 0.376. The molecule has 4 rings (SSSR count). The van der Waals surface area contributed by atoms with Crippen LogP contribution in [0.25, 0.3) is 27.9 Å². The first kappa shape index (κ1) is 16.8. The normalized spacial score (nSPS) is 11.3. The van der Waals surface area contributed by atoms with E-state index in [0.29, 0.717) is 29.0 Å². The van der Waals surface area contributed by atoms with Crippen molar-refractivity contribution >= 4 is 17.2 Å². The Morgan fingerprint density at radius 2 is 1.93 bits per heavy atom. The van der Waals surface area contributed by atoms with E-state index in [1.165, 1.54) is 0 Å². The van der Waals surface area contributed by atoms with Gasteiger partial charge in [0, 0.05) is 17.1 Å². The lowest BCUT2D eigenvalue weighted by molar-refractivity contribution is 0.160. The smallest absolute Gasteiger partial charge is 0.345 e. The number of fused-ring (bicyclic) bond motifs is 1. The van der Waals surface area contributed by atoms with Gasteiger partial charge in [0.25, 0.3) is 0 Å². The molecule has 4 aromatic rings. The van der Waals surface area contributed by atoms with Crippen molar-refractivity contribution in [3.05, 3.63) is 82.8 Å². The third-order valence-electron chi connectivity index (χ3n) is 4.06. The predicted molar refractivity (Wildman–Crippen MR) is 104 cm³/mol. The summed E-state index contributed by atoms with van der Waals surface area (Å²) in [7, 11) is 0. The second-order valence-electron chi connectivity index (χ2n) is 5.85. The molecule has 0 amide bonds. The molecule has 6 heteroatoms. The summed E-state index contributed by atoms with van der Waals surface area (Å²) in [5, 5.41) is 9.37. The van der Waals surface area contributed by atoms with E-state index in [4.69, 9.17) is 9.25 Å². The molecule has 0 N–H and O–H groups in total. The second-order valence-corrected chi connectivity index (χ2v) is 5.85. The first-order valence-electron chi connectivity index (χ1n) is 8.60. The number of rotatable bonds is 5. The van der Waals surface area contributed by atoms with Crippen molar-refractivity contribution in [1.82, 2.24) is 9.78 Å². The van der Waals surface area contributed by atoms with E-state index >= 15 is 0 Å². The van der Waals surface area contributed by atoms with Crippen molar-refractivity contribution in [2.24, 2.45) is 5.16 Å². The van der Waals surface area contributed by atoms with E-state index in [1.54, 1.807) is 23.0 Å². The highest BCUT2D eigenvalue weighted by molar-refractivity contribution is 5.90. The molecule has 134 valence electrons. The lowest BCUT2D eigenvalue weighted by Crippen LogP contribution is -2.05. The molecule has 0 radical (unpaired) electrons. The molecule has 0 fully saturated rings. The largest absolute Gasteiger partial charge is 0.422 e. The van der Waals surface area contributed by atoms with E-state index in [0.717, 1.165) is 11.1 Å². The minimum atomic E-state index is -0.446. The Kier molecular flexibility index (Phi) is 4.53. The summed E-state index contributed by atoms with van der Waals surface area (Å²) in [6.45, 7) is 2.31. The molecule has 0 saturated heterocycles. The lowest BCUT2D eigenvalue weighted by Gasteiger charge is -2.01. The molecule has 6 nitrogen and oxygen atoms in total. The highest BCUT2D eigenvalue weighted by Crippen LogP contribution is 2.23. The molecule has 0 spiro atoms. The molecule has 0 atom stereocenters. The summed E-state index contributed by atoms with van der Waals surface area (Å²) in [5.41, 5.74) is 2.49. The van der Waals surface area contributed by atoms with Crippen molar-refractivity contribution in [3.63, 3.8) is 0 Å². The van der Waals surface area contributed by atoms with Crippen LogP contribution in [-0.4, -0.2) is 22.6 Å². The fraction of sp³-hybridized carbons (Fsp3) is 0.0952. The van der Waals surface area contributed by atoms with Gasteiger partial charge in [-0.05, 0) is 31.2 Å². The first-order chi connectivity index (χ1) is 13.3. The number of oxime groups is 1. The molecule has 0 aliphatic carbocycles. The van der Waals surface area contributed by atoms with Gasteiger partial charge in [-0.1, -0.05) is 41.6 Å². The van der Waals surface area contributed by atoms with Gasteiger partial charge in [-0.2, -0.15) is 5.10 Å². The van der Waals surface area contributed by atoms with Gasteiger partial charge in [0.15, 0.2) is 0 Å². The van der Waals surface area contributed by atoms with Crippen LogP contribution in [0.5, 0.6) is 0 Å². The van der Waals surface area contributed by atoms with E-state index in [2.05, 4.69) is 10.3 Å². The molecule has 0 aliphatic heterocycles. The molecule has 27 heavy (non-hydrogen) atoms. The summed E-state index contributed by atoms with van der Waals surface area (Å²) < 4.78 is 7.17. The monoisotopic (exact) mass is 359 g/mol. The maximum atomic E-state index is 12.6. The average Bonchev–Trinajstić information content (AvgIpc) is 3.12. The second kappa shape index (κ2) is 7.29. The molecule has 2 heterocycles. The van der Waals surface area contributed by atoms with Crippen LogP contribution in [0.4, 0.5) is 0 Å². The molecule has 0 bridgehead atoms. The Balaban J connectivity index is 1.89. The van der Waals surface area contributed by atoms with Gasteiger partial charge < -0.3 is 9.25 Å². The Bertz CT molecular complexity index is 1160. The van der Waals surface area contributed by atoms with Gasteiger partial charge in [0.05, 0.1) is 17.5 Å². The average molecular weight is 359 g/mol. The molecular weight excluding hydrogens is 342 g/mol. The van der Waals surface area contributed by atoms with Crippen LogP contribution in [-0.2, 0) is 4.84 Å². The van der Waals surface area contributed by atoms with Crippen LogP contribution in [0.1, 0.15) is 12.5 Å². The first-order valence-corrected chi connectivity index (χ1v) is 8.60. The Labute approximate surface area is 155 Å². The Morgan fingerprint density at radius 3 is 2.74 bits per heavy atom. The van der Waals surface area contributed by atoms with Gasteiger partial charge in [-0.3, -0.25) is 0 Å². The quantitative estimate of drug-likeness (QED) is 0.307. The topological polar surface area (TPSA) is 69.6 Å². The lowest BCUT2D eigenvalue weighted by atomic mass is 10.1. The SMILES string of the molecule is CCON=Cc1cn(-c2ccccc2)nc1-c1cc2ccccc2oc1=O. The van der Waals surface area contributed by atoms with Crippen molar-refractivity contribution in [3.8, 4) is 16.9 Å². The van der Waals surface area contributed by atoms with Gasteiger partial charge >= 0.3 is 5.63 Å². The fourth-order valence-electron chi connectivity index (χ4n) is 2.80. The predicted octanol–water partition coefficient (Wildman–Crippen LogP) is 4.02. The highest BCUT2D eigenvalue weighted by atomic mass is 16.6. The Hall–Kier alpha value is -3.67. The standard InChI is InChI=1S/C21H17N3O3/c1-2-26-22-13-16-14-24(17-9-4-3-5-10-17)23-20(16)18-12-15-8-6-7-11-19(15)27-21(18)25/h3-14H,2H2,1H3. The van der Waals surface area contributed by atoms with E-state index in [-0.39, 0.29) is 0 Å². The van der Waals surface area contributed by atoms with Crippen molar-refractivity contribution in [2.75, 3.05) is 6.61 Å². The van der Waals surface area contributed by atoms with Crippen LogP contribution in [0, 0.1) is 0 Å². The van der Waals surface area contributed by atoms with Crippen LogP contribution in [0.2, 0.25) is 0 Å². The minimum Gasteiger partial charge on any atom is -0.422 e. The van der Waals surface area contributed by atoms with E-state index in [9.17, 15) is 4.79 Å². The molecule has 2 aromatic carbocycles. The van der Waals surface area contributed by atoms with Crippen LogP contribution in [0.15, 0.2) is 81.2 Å². The Morgan fingerprint density at radius 1 is 1.15 bits per heavy atom. The van der Waals surface area contributed by atoms with Gasteiger partial charge in [0.2, 0.25) is 0 Å². The number of aromatic nitrogens is 2. The fourth-order valence-corrected chi connectivity index (χ4v) is 2.80. The summed E-state index contributed by atoms with van der Waals surface area (Å²) in [5.74, 6) is 0. The van der Waals surface area contributed by atoms with Gasteiger partial charge in [-0.25, -0.2) is 9.48 Å². The number of hydrogen-bond acceptors (Lipinski definition) is 5. The number of hydrogen-bond donors (Lipinski definition) is 0. The maximum Gasteiger partial charge on any atom is 0.345 e. The third-order valence-corrected chi connectivity index (χ3v) is 4.06. The summed E-state index contributed by atoms with van der Waals surface area (Å²) >= 11 is 0. The number of para-hydroxylation sites is 2. The van der Waals surface area contributed by atoms with Gasteiger partial charge in [-0.15, -0.1) is 0 Å². The van der Waals surface area contributed by atoms with E-state index in [1.807, 2.05) is 61.7 Å². The molecule has 0 saturated carbocycles. The van der Waals surface area contributed by atoms with Crippen molar-refractivity contribution in [2.45, 2.75) is 6.92 Å². The summed E-state index contributed by atoms with van der Waals surface area (Å²) in [4.78, 5) is 17.6. The zero-order chi connectivity index (χ0) is 18.6.